The molecule has 8 nitrogen and oxygen atoms in total. The first-order valence-electron chi connectivity index (χ1n) is 9.06. The molecule has 0 unspecified atom stereocenters. The Morgan fingerprint density at radius 2 is 1.89 bits per heavy atom. The quantitative estimate of drug-likeness (QED) is 0.640. The number of aromatic nitrogens is 4. The van der Waals surface area contributed by atoms with Gasteiger partial charge in [-0.1, -0.05) is 37.3 Å². The molecule has 0 aliphatic rings. The van der Waals surface area contributed by atoms with E-state index in [4.69, 9.17) is 9.84 Å². The van der Waals surface area contributed by atoms with E-state index in [0.717, 1.165) is 16.6 Å². The fourth-order valence-corrected chi connectivity index (χ4v) is 2.99. The molecule has 27 heavy (non-hydrogen) atoms. The lowest BCUT2D eigenvalue weighted by molar-refractivity contribution is 0.277. The van der Waals surface area contributed by atoms with Gasteiger partial charge in [0.05, 0.1) is 13.2 Å². The van der Waals surface area contributed by atoms with E-state index in [2.05, 4.69) is 4.98 Å². The molecule has 2 heterocycles. The first-order valence-corrected chi connectivity index (χ1v) is 9.06. The van der Waals surface area contributed by atoms with Crippen molar-refractivity contribution in [3.8, 4) is 6.01 Å². The van der Waals surface area contributed by atoms with E-state index in [-0.39, 0.29) is 13.2 Å². The van der Waals surface area contributed by atoms with Crippen molar-refractivity contribution in [3.05, 3.63) is 56.7 Å². The maximum atomic E-state index is 13.1. The van der Waals surface area contributed by atoms with Gasteiger partial charge in [-0.05, 0) is 18.4 Å². The minimum Gasteiger partial charge on any atom is -0.465 e. The summed E-state index contributed by atoms with van der Waals surface area (Å²) in [5, 5.41) is 9.08. The van der Waals surface area contributed by atoms with Crippen molar-refractivity contribution in [3.63, 3.8) is 0 Å². The number of nitrogens with zero attached hydrogens (tertiary/aromatic N) is 4. The summed E-state index contributed by atoms with van der Waals surface area (Å²) < 4.78 is 9.98. The lowest BCUT2D eigenvalue weighted by Crippen LogP contribution is -2.39. The van der Waals surface area contributed by atoms with E-state index in [9.17, 15) is 9.59 Å². The Kier molecular flexibility index (Phi) is 5.75. The molecule has 8 heteroatoms. The van der Waals surface area contributed by atoms with Gasteiger partial charge in [0.15, 0.2) is 11.2 Å². The van der Waals surface area contributed by atoms with E-state index in [0.29, 0.717) is 36.7 Å². The second kappa shape index (κ2) is 8.22. The van der Waals surface area contributed by atoms with Gasteiger partial charge < -0.3 is 9.84 Å². The standard InChI is InChI=1S/C19H24N4O4/c1-3-12-27-18-20-16-15(23(18)13-14-8-5-4-6-9-14)17(25)22(10-7-11-24)19(26)21(16)2/h4-6,8-9,24H,3,7,10-13H2,1-2H3. The van der Waals surface area contributed by atoms with Gasteiger partial charge in [0, 0.05) is 20.2 Å². The Morgan fingerprint density at radius 1 is 1.15 bits per heavy atom. The van der Waals surface area contributed by atoms with Crippen LogP contribution in [0.25, 0.3) is 11.2 Å². The third-order valence-electron chi connectivity index (χ3n) is 4.36. The average molecular weight is 372 g/mol. The van der Waals surface area contributed by atoms with Crippen LogP contribution in [0.3, 0.4) is 0 Å². The molecule has 0 amide bonds. The number of rotatable bonds is 8. The highest BCUT2D eigenvalue weighted by molar-refractivity contribution is 5.72. The first-order chi connectivity index (χ1) is 13.1. The van der Waals surface area contributed by atoms with Gasteiger partial charge in [-0.2, -0.15) is 4.98 Å². The number of aliphatic hydroxyl groups is 1. The summed E-state index contributed by atoms with van der Waals surface area (Å²) in [6.07, 6.45) is 1.13. The van der Waals surface area contributed by atoms with Crippen LogP contribution in [0.2, 0.25) is 0 Å². The highest BCUT2D eigenvalue weighted by Gasteiger charge is 2.21. The maximum Gasteiger partial charge on any atom is 0.332 e. The fourth-order valence-electron chi connectivity index (χ4n) is 2.99. The van der Waals surface area contributed by atoms with Gasteiger partial charge >= 0.3 is 5.69 Å². The van der Waals surface area contributed by atoms with E-state index >= 15 is 0 Å². The number of imidazole rings is 1. The number of fused-ring (bicyclic) bond motifs is 1. The number of ether oxygens (including phenoxy) is 1. The van der Waals surface area contributed by atoms with Crippen molar-refractivity contribution in [2.45, 2.75) is 32.9 Å². The van der Waals surface area contributed by atoms with Gasteiger partial charge in [0.2, 0.25) is 0 Å². The third-order valence-corrected chi connectivity index (χ3v) is 4.36. The van der Waals surface area contributed by atoms with E-state index < -0.39 is 11.2 Å². The van der Waals surface area contributed by atoms with E-state index in [1.54, 1.807) is 11.6 Å². The van der Waals surface area contributed by atoms with Crippen molar-refractivity contribution < 1.29 is 9.84 Å². The van der Waals surface area contributed by atoms with Crippen LogP contribution in [0.15, 0.2) is 39.9 Å². The Balaban J connectivity index is 2.24. The molecule has 3 rings (SSSR count). The molecule has 2 aromatic heterocycles. The lowest BCUT2D eigenvalue weighted by Gasteiger charge is -2.11. The molecular formula is C19H24N4O4. The van der Waals surface area contributed by atoms with Crippen LogP contribution in [0.5, 0.6) is 6.01 Å². The van der Waals surface area contributed by atoms with Crippen LogP contribution in [-0.4, -0.2) is 37.0 Å². The summed E-state index contributed by atoms with van der Waals surface area (Å²) in [5.74, 6) is 0. The van der Waals surface area contributed by atoms with Gasteiger partial charge in [-0.3, -0.25) is 18.5 Å². The minimum absolute atomic E-state index is 0.0955. The van der Waals surface area contributed by atoms with Crippen LogP contribution >= 0.6 is 0 Å². The topological polar surface area (TPSA) is 91.3 Å². The van der Waals surface area contributed by atoms with Crippen molar-refractivity contribution >= 4 is 11.2 Å². The predicted octanol–water partition coefficient (Wildman–Crippen LogP) is 1.12. The van der Waals surface area contributed by atoms with Gasteiger partial charge in [0.25, 0.3) is 11.6 Å². The second-order valence-corrected chi connectivity index (χ2v) is 6.36. The first kappa shape index (κ1) is 18.9. The zero-order valence-corrected chi connectivity index (χ0v) is 15.6. The average Bonchev–Trinajstić information content (AvgIpc) is 3.04. The monoisotopic (exact) mass is 372 g/mol. The molecule has 0 saturated heterocycles. The molecule has 0 fully saturated rings. The molecule has 0 aliphatic heterocycles. The SMILES string of the molecule is CCCOc1nc2c(c(=O)n(CCCO)c(=O)n2C)n1Cc1ccccc1. The highest BCUT2D eigenvalue weighted by atomic mass is 16.5. The van der Waals surface area contributed by atoms with E-state index in [1.807, 2.05) is 37.3 Å². The molecule has 0 saturated carbocycles. The van der Waals surface area contributed by atoms with Gasteiger partial charge in [0.1, 0.15) is 0 Å². The molecule has 144 valence electrons. The number of aliphatic hydroxyl groups excluding tert-OH is 1. The van der Waals surface area contributed by atoms with Crippen LogP contribution in [-0.2, 0) is 20.1 Å². The Labute approximate surface area is 156 Å². The molecule has 0 aliphatic carbocycles. The molecule has 3 aromatic rings. The number of hydrogen-bond acceptors (Lipinski definition) is 5. The van der Waals surface area contributed by atoms with Crippen LogP contribution < -0.4 is 16.0 Å². The van der Waals surface area contributed by atoms with Gasteiger partial charge in [-0.25, -0.2) is 4.79 Å². The van der Waals surface area contributed by atoms with Crippen LogP contribution in [0.4, 0.5) is 0 Å². The Morgan fingerprint density at radius 3 is 2.56 bits per heavy atom. The van der Waals surface area contributed by atoms with Crippen molar-refractivity contribution in [2.75, 3.05) is 13.2 Å². The molecule has 0 atom stereocenters. The molecule has 1 aromatic carbocycles. The zero-order valence-electron chi connectivity index (χ0n) is 15.6. The normalized spacial score (nSPS) is 11.2. The van der Waals surface area contributed by atoms with Crippen molar-refractivity contribution in [1.82, 2.24) is 18.7 Å². The predicted molar refractivity (Wildman–Crippen MR) is 102 cm³/mol. The summed E-state index contributed by atoms with van der Waals surface area (Å²) in [4.78, 5) is 30.0. The highest BCUT2D eigenvalue weighted by Crippen LogP contribution is 2.20. The van der Waals surface area contributed by atoms with Gasteiger partial charge in [-0.15, -0.1) is 0 Å². The van der Waals surface area contributed by atoms with E-state index in [1.165, 1.54) is 4.57 Å². The molecule has 1 N–H and O–H groups in total. The lowest BCUT2D eigenvalue weighted by atomic mass is 10.2. The summed E-state index contributed by atoms with van der Waals surface area (Å²) in [6, 6.07) is 10.0. The van der Waals surface area contributed by atoms with Crippen molar-refractivity contribution in [1.29, 1.82) is 0 Å². The smallest absolute Gasteiger partial charge is 0.332 e. The fraction of sp³-hybridized carbons (Fsp3) is 0.421. The summed E-state index contributed by atoms with van der Waals surface area (Å²) in [5.41, 5.74) is 0.745. The second-order valence-electron chi connectivity index (χ2n) is 6.36. The molecular weight excluding hydrogens is 348 g/mol. The summed E-state index contributed by atoms with van der Waals surface area (Å²) in [7, 11) is 1.59. The minimum atomic E-state index is -0.452. The Hall–Kier alpha value is -2.87. The van der Waals surface area contributed by atoms with Crippen LogP contribution in [0.1, 0.15) is 25.3 Å². The number of benzene rings is 1. The summed E-state index contributed by atoms with van der Waals surface area (Å²) >= 11 is 0. The third kappa shape index (κ3) is 3.66. The Bertz CT molecular complexity index is 1030. The molecule has 0 radical (unpaired) electrons. The van der Waals surface area contributed by atoms with Crippen LogP contribution in [0, 0.1) is 0 Å². The number of hydrogen-bond donors (Lipinski definition) is 1. The molecule has 0 bridgehead atoms. The molecule has 0 spiro atoms. The maximum absolute atomic E-state index is 13.1. The number of aryl methyl sites for hydroxylation is 1. The summed E-state index contributed by atoms with van der Waals surface area (Å²) in [6.45, 7) is 2.91. The zero-order chi connectivity index (χ0) is 19.4. The van der Waals surface area contributed by atoms with Crippen molar-refractivity contribution in [2.24, 2.45) is 7.05 Å². The largest absolute Gasteiger partial charge is 0.465 e.